The zero-order chi connectivity index (χ0) is 29.5. The van der Waals surface area contributed by atoms with E-state index >= 15 is 0 Å². The van der Waals surface area contributed by atoms with Crippen molar-refractivity contribution in [2.24, 2.45) is 11.5 Å². The third-order valence-electron chi connectivity index (χ3n) is 6.15. The average molecular weight is 578 g/mol. The smallest absolute Gasteiger partial charge is 0.326 e. The molecule has 2 rings (SSSR count). The van der Waals surface area contributed by atoms with Gasteiger partial charge >= 0.3 is 5.97 Å². The Morgan fingerprint density at radius 3 is 2.20 bits per heavy atom. The Bertz CT molecular complexity index is 1080. The van der Waals surface area contributed by atoms with Gasteiger partial charge in [-0.3, -0.25) is 14.4 Å². The van der Waals surface area contributed by atoms with Crippen LogP contribution in [0.1, 0.15) is 36.9 Å². The highest BCUT2D eigenvalue weighted by atomic mass is 32.2. The van der Waals surface area contributed by atoms with Gasteiger partial charge in [-0.15, -0.1) is 0 Å². The molecule has 0 aliphatic rings. The van der Waals surface area contributed by atoms with Crippen LogP contribution in [0.4, 0.5) is 0 Å². The third-order valence-corrected chi connectivity index (χ3v) is 6.80. The minimum absolute atomic E-state index is 0.0298. The number of hydrogen-bond donors (Lipinski definition) is 8. The van der Waals surface area contributed by atoms with Crippen molar-refractivity contribution in [1.29, 1.82) is 0 Å². The number of carboxylic acid groups (broad SMARTS) is 1. The van der Waals surface area contributed by atoms with Crippen LogP contribution >= 0.6 is 11.8 Å². The number of unbranched alkanes of at least 4 members (excludes halogenated alkanes) is 1. The first-order valence-electron chi connectivity index (χ1n) is 13.0. The van der Waals surface area contributed by atoms with Crippen LogP contribution in [0.2, 0.25) is 0 Å². The Morgan fingerprint density at radius 2 is 1.60 bits per heavy atom. The number of nitrogens with zero attached hydrogens (tertiary/aromatic N) is 1. The number of benzene rings is 1. The fourth-order valence-electron chi connectivity index (χ4n) is 3.85. The number of aliphatic carboxylic acids is 1. The molecule has 220 valence electrons. The Morgan fingerprint density at radius 1 is 0.950 bits per heavy atom. The van der Waals surface area contributed by atoms with Crippen molar-refractivity contribution < 1.29 is 29.4 Å². The summed E-state index contributed by atoms with van der Waals surface area (Å²) < 4.78 is 0. The van der Waals surface area contributed by atoms with Crippen LogP contribution in [0.25, 0.3) is 0 Å². The Kier molecular flexibility index (Phi) is 14.0. The van der Waals surface area contributed by atoms with Crippen LogP contribution in [0.5, 0.6) is 5.75 Å². The van der Waals surface area contributed by atoms with Crippen molar-refractivity contribution in [2.45, 2.75) is 62.7 Å². The molecule has 10 N–H and O–H groups in total. The second-order valence-corrected chi connectivity index (χ2v) is 10.3. The van der Waals surface area contributed by atoms with E-state index in [4.69, 9.17) is 11.5 Å². The van der Waals surface area contributed by atoms with Gasteiger partial charge in [0, 0.05) is 24.7 Å². The fourth-order valence-corrected chi connectivity index (χ4v) is 4.34. The molecule has 1 aromatic heterocycles. The van der Waals surface area contributed by atoms with Gasteiger partial charge in [-0.1, -0.05) is 12.1 Å². The number of aromatic hydroxyl groups is 1. The molecule has 40 heavy (non-hydrogen) atoms. The minimum atomic E-state index is -1.26. The van der Waals surface area contributed by atoms with Gasteiger partial charge in [0.05, 0.1) is 12.4 Å². The number of rotatable bonds is 18. The molecule has 0 aliphatic carbocycles. The van der Waals surface area contributed by atoms with Crippen molar-refractivity contribution >= 4 is 35.5 Å². The molecule has 0 spiro atoms. The van der Waals surface area contributed by atoms with E-state index in [0.717, 1.165) is 0 Å². The molecule has 0 saturated carbocycles. The number of phenolic OH excluding ortho intramolecular Hbond substituents is 1. The summed E-state index contributed by atoms with van der Waals surface area (Å²) in [5.41, 5.74) is 12.8. The van der Waals surface area contributed by atoms with E-state index in [2.05, 4.69) is 25.9 Å². The predicted octanol–water partition coefficient (Wildman–Crippen LogP) is -0.351. The quantitative estimate of drug-likeness (QED) is 0.107. The highest BCUT2D eigenvalue weighted by Crippen LogP contribution is 2.13. The number of imidazole rings is 1. The predicted molar refractivity (Wildman–Crippen MR) is 151 cm³/mol. The van der Waals surface area contributed by atoms with Crippen LogP contribution in [-0.4, -0.2) is 86.6 Å². The van der Waals surface area contributed by atoms with Gasteiger partial charge in [-0.2, -0.15) is 11.8 Å². The van der Waals surface area contributed by atoms with Gasteiger partial charge in [0.1, 0.15) is 23.9 Å². The van der Waals surface area contributed by atoms with E-state index in [0.29, 0.717) is 42.8 Å². The largest absolute Gasteiger partial charge is 0.508 e. The van der Waals surface area contributed by atoms with E-state index in [1.807, 2.05) is 6.26 Å². The molecule has 4 atom stereocenters. The van der Waals surface area contributed by atoms with Gasteiger partial charge < -0.3 is 42.6 Å². The molecule has 0 bridgehead atoms. The van der Waals surface area contributed by atoms with Gasteiger partial charge in [0.2, 0.25) is 17.7 Å². The van der Waals surface area contributed by atoms with Crippen molar-refractivity contribution in [3.8, 4) is 5.75 Å². The molecular formula is C26H39N7O6S. The lowest BCUT2D eigenvalue weighted by molar-refractivity contribution is -0.142. The Balaban J connectivity index is 2.21. The number of hydrogen-bond acceptors (Lipinski definition) is 9. The molecule has 4 unspecified atom stereocenters. The van der Waals surface area contributed by atoms with E-state index in [1.54, 1.807) is 23.9 Å². The third kappa shape index (κ3) is 11.2. The average Bonchev–Trinajstić information content (AvgIpc) is 3.44. The van der Waals surface area contributed by atoms with Crippen molar-refractivity contribution in [3.05, 3.63) is 48.0 Å². The van der Waals surface area contributed by atoms with E-state index in [-0.39, 0.29) is 25.0 Å². The van der Waals surface area contributed by atoms with Crippen LogP contribution in [0, 0.1) is 0 Å². The first-order valence-corrected chi connectivity index (χ1v) is 14.4. The molecule has 0 aliphatic heterocycles. The number of aromatic nitrogens is 2. The second-order valence-electron chi connectivity index (χ2n) is 9.35. The first kappa shape index (κ1) is 32.6. The van der Waals surface area contributed by atoms with Crippen LogP contribution in [0.15, 0.2) is 36.8 Å². The maximum atomic E-state index is 13.5. The van der Waals surface area contributed by atoms with Gasteiger partial charge in [-0.25, -0.2) is 9.78 Å². The topological polar surface area (TPSA) is 226 Å². The first-order chi connectivity index (χ1) is 19.1. The normalized spacial score (nSPS) is 14.0. The summed E-state index contributed by atoms with van der Waals surface area (Å²) in [4.78, 5) is 57.9. The Hall–Kier alpha value is -3.62. The number of carbonyl (C=O) groups is 4. The number of amides is 3. The number of nitrogens with one attached hydrogen (secondary N) is 4. The van der Waals surface area contributed by atoms with Gasteiger partial charge in [0.25, 0.3) is 0 Å². The number of aromatic amines is 1. The van der Waals surface area contributed by atoms with Crippen molar-refractivity contribution in [3.63, 3.8) is 0 Å². The van der Waals surface area contributed by atoms with Gasteiger partial charge in [0.15, 0.2) is 0 Å². The second kappa shape index (κ2) is 17.2. The summed E-state index contributed by atoms with van der Waals surface area (Å²) in [5.74, 6) is -2.35. The lowest BCUT2D eigenvalue weighted by Crippen LogP contribution is -2.57. The molecule has 14 heteroatoms. The fraction of sp³-hybridized carbons (Fsp3) is 0.500. The number of carbonyl (C=O) groups excluding carboxylic acids is 3. The van der Waals surface area contributed by atoms with Crippen molar-refractivity contribution in [1.82, 2.24) is 25.9 Å². The highest BCUT2D eigenvalue weighted by Gasteiger charge is 2.30. The molecule has 0 fully saturated rings. The van der Waals surface area contributed by atoms with Crippen molar-refractivity contribution in [2.75, 3.05) is 18.6 Å². The number of thioether (sulfide) groups is 1. The van der Waals surface area contributed by atoms with Crippen LogP contribution in [-0.2, 0) is 32.0 Å². The lowest BCUT2D eigenvalue weighted by atomic mass is 10.0. The highest BCUT2D eigenvalue weighted by molar-refractivity contribution is 7.98. The maximum absolute atomic E-state index is 13.5. The summed E-state index contributed by atoms with van der Waals surface area (Å²) in [6.07, 6.45) is 6.52. The van der Waals surface area contributed by atoms with Crippen LogP contribution in [0.3, 0.4) is 0 Å². The van der Waals surface area contributed by atoms with E-state index in [1.165, 1.54) is 24.7 Å². The van der Waals surface area contributed by atoms with E-state index in [9.17, 15) is 29.4 Å². The molecule has 3 amide bonds. The summed E-state index contributed by atoms with van der Waals surface area (Å²) >= 11 is 1.54. The summed E-state index contributed by atoms with van der Waals surface area (Å²) in [6.45, 7) is 0.382. The zero-order valence-corrected chi connectivity index (χ0v) is 23.3. The molecular weight excluding hydrogens is 538 g/mol. The van der Waals surface area contributed by atoms with Gasteiger partial charge in [-0.05, 0) is 61.9 Å². The minimum Gasteiger partial charge on any atom is -0.508 e. The summed E-state index contributed by atoms with van der Waals surface area (Å²) in [6, 6.07) is 1.92. The SMILES string of the molecule is CSCCC(N)C(=O)NC(Cc1ccc(O)cc1)C(=O)NC(CCCCN)C(=O)NC(Cc1cnc[nH]1)C(=O)O. The number of nitrogens with two attached hydrogens (primary N) is 2. The molecule has 13 nitrogen and oxygen atoms in total. The summed E-state index contributed by atoms with van der Waals surface area (Å²) in [5, 5.41) is 27.1. The number of H-pyrrole nitrogens is 1. The lowest BCUT2D eigenvalue weighted by Gasteiger charge is -2.25. The van der Waals surface area contributed by atoms with E-state index < -0.39 is 47.9 Å². The molecule has 1 heterocycles. The molecule has 0 saturated heterocycles. The number of phenols is 1. The maximum Gasteiger partial charge on any atom is 0.326 e. The molecule has 1 aromatic carbocycles. The number of carboxylic acids is 1. The molecule has 2 aromatic rings. The monoisotopic (exact) mass is 577 g/mol. The molecule has 0 radical (unpaired) electrons. The zero-order valence-electron chi connectivity index (χ0n) is 22.5. The standard InChI is InChI=1S/C26H39N7O6S/c1-40-11-9-19(28)23(35)32-21(12-16-5-7-18(34)8-6-16)25(37)31-20(4-2-3-10-27)24(36)33-22(26(38)39)13-17-14-29-15-30-17/h5-8,14-15,19-22,34H,2-4,9-13,27-28H2,1H3,(H,29,30)(H,31,37)(H,32,35)(H,33,36)(H,38,39). The summed E-state index contributed by atoms with van der Waals surface area (Å²) in [7, 11) is 0. The van der Waals surface area contributed by atoms with Crippen LogP contribution < -0.4 is 27.4 Å². The Labute approximate surface area is 237 Å².